The Morgan fingerprint density at radius 2 is 1.82 bits per heavy atom. The number of thiophene rings is 1. The maximum Gasteiger partial charge on any atom is 0.271 e. The highest BCUT2D eigenvalue weighted by molar-refractivity contribution is 7.19. The van der Waals surface area contributed by atoms with Gasteiger partial charge in [-0.05, 0) is 64.3 Å². The Bertz CT molecular complexity index is 1010. The third-order valence-corrected chi connectivity index (χ3v) is 9.25. The van der Waals surface area contributed by atoms with E-state index in [4.69, 9.17) is 0 Å². The van der Waals surface area contributed by atoms with Gasteiger partial charge in [0.25, 0.3) is 5.91 Å². The number of nitrogens with zero attached hydrogens (tertiary/aromatic N) is 3. The molecule has 1 saturated carbocycles. The molecule has 6 nitrogen and oxygen atoms in total. The molecular formula is C26H38N4O2S. The highest BCUT2D eigenvalue weighted by Crippen LogP contribution is 2.36. The van der Waals surface area contributed by atoms with Gasteiger partial charge in [-0.15, -0.1) is 11.3 Å². The van der Waals surface area contributed by atoms with Gasteiger partial charge in [0.2, 0.25) is 5.91 Å². The highest BCUT2D eigenvalue weighted by Gasteiger charge is 2.48. The van der Waals surface area contributed by atoms with Crippen molar-refractivity contribution in [3.05, 3.63) is 22.7 Å². The molecule has 180 valence electrons. The second-order valence-corrected chi connectivity index (χ2v) is 11.5. The summed E-state index contributed by atoms with van der Waals surface area (Å²) in [6.45, 7) is 8.31. The average molecular weight is 471 g/mol. The number of nitrogens with one attached hydrogen (secondary N) is 1. The highest BCUT2D eigenvalue weighted by atomic mass is 32.1. The molecule has 0 bridgehead atoms. The number of likely N-dealkylation sites (tertiary alicyclic amines) is 1. The molecule has 1 atom stereocenters. The van der Waals surface area contributed by atoms with Gasteiger partial charge in [-0.2, -0.15) is 0 Å². The van der Waals surface area contributed by atoms with Crippen molar-refractivity contribution in [1.82, 2.24) is 19.7 Å². The molecular weight excluding hydrogens is 432 g/mol. The molecule has 0 spiro atoms. The fourth-order valence-corrected chi connectivity index (χ4v) is 6.97. The molecule has 1 aliphatic carbocycles. The van der Waals surface area contributed by atoms with Gasteiger partial charge in [0.15, 0.2) is 0 Å². The number of fused-ring (bicyclic) bond motifs is 3. The van der Waals surface area contributed by atoms with Crippen LogP contribution in [0.2, 0.25) is 0 Å². The lowest BCUT2D eigenvalue weighted by Crippen LogP contribution is -2.65. The van der Waals surface area contributed by atoms with Crippen molar-refractivity contribution in [1.29, 1.82) is 0 Å². The first-order valence-electron chi connectivity index (χ1n) is 13.0. The molecule has 7 heteroatoms. The smallest absolute Gasteiger partial charge is 0.271 e. The minimum absolute atomic E-state index is 0.000381. The zero-order valence-corrected chi connectivity index (χ0v) is 21.0. The molecule has 1 N–H and O–H groups in total. The van der Waals surface area contributed by atoms with Crippen molar-refractivity contribution in [2.45, 2.75) is 89.8 Å². The molecule has 0 unspecified atom stereocenters. The van der Waals surface area contributed by atoms with Crippen LogP contribution in [0.5, 0.6) is 0 Å². The average Bonchev–Trinajstić information content (AvgIpc) is 3.48. The van der Waals surface area contributed by atoms with E-state index in [9.17, 15) is 9.59 Å². The molecule has 3 aliphatic rings. The summed E-state index contributed by atoms with van der Waals surface area (Å²) in [5.41, 5.74) is 0.962. The lowest BCUT2D eigenvalue weighted by atomic mass is 9.93. The van der Waals surface area contributed by atoms with Gasteiger partial charge < -0.3 is 19.7 Å². The van der Waals surface area contributed by atoms with Crippen LogP contribution in [0.25, 0.3) is 10.2 Å². The van der Waals surface area contributed by atoms with Crippen LogP contribution < -0.4 is 5.32 Å². The summed E-state index contributed by atoms with van der Waals surface area (Å²) in [6, 6.07) is 4.49. The molecule has 5 rings (SSSR count). The van der Waals surface area contributed by atoms with Gasteiger partial charge in [0.05, 0.1) is 16.8 Å². The van der Waals surface area contributed by atoms with Crippen molar-refractivity contribution in [3.63, 3.8) is 0 Å². The van der Waals surface area contributed by atoms with E-state index in [1.165, 1.54) is 43.4 Å². The maximum absolute atomic E-state index is 13.9. The van der Waals surface area contributed by atoms with Crippen molar-refractivity contribution < 1.29 is 9.59 Å². The van der Waals surface area contributed by atoms with Crippen molar-refractivity contribution >= 4 is 33.4 Å². The fourth-order valence-electron chi connectivity index (χ4n) is 5.93. The molecule has 33 heavy (non-hydrogen) atoms. The first kappa shape index (κ1) is 22.9. The molecule has 2 aromatic heterocycles. The second-order valence-electron chi connectivity index (χ2n) is 10.4. The Labute approximate surface area is 201 Å². The summed E-state index contributed by atoms with van der Waals surface area (Å²) in [6.07, 6.45) is 10.4. The Morgan fingerprint density at radius 1 is 1.09 bits per heavy atom. The summed E-state index contributed by atoms with van der Waals surface area (Å²) in [7, 11) is 0. The standard InChI is InChI=1S/C26H38N4O2S/c1-3-20-16-21-23(33-20)17-22-24(31)30(15-14-28-12-8-9-13-28)26(2,18-29(21)22)25(32)27-19-10-6-4-5-7-11-19/h16-17,19H,3-15,18H2,1-2H3,(H,27,32)/t26-/m1/s1. The molecule has 2 amide bonds. The number of hydrogen-bond acceptors (Lipinski definition) is 4. The van der Waals surface area contributed by atoms with Gasteiger partial charge in [-0.25, -0.2) is 0 Å². The molecule has 4 heterocycles. The number of amides is 2. The van der Waals surface area contributed by atoms with Gasteiger partial charge in [-0.3, -0.25) is 9.59 Å². The summed E-state index contributed by atoms with van der Waals surface area (Å²) in [4.78, 5) is 33.3. The molecule has 0 aromatic carbocycles. The van der Waals surface area contributed by atoms with Crippen molar-refractivity contribution in [2.75, 3.05) is 26.2 Å². The molecule has 2 aromatic rings. The van der Waals surface area contributed by atoms with Crippen LogP contribution in [0, 0.1) is 0 Å². The normalized spacial score (nSPS) is 24.9. The topological polar surface area (TPSA) is 57.6 Å². The van der Waals surface area contributed by atoms with Crippen LogP contribution in [0.3, 0.4) is 0 Å². The minimum atomic E-state index is -0.879. The zero-order chi connectivity index (χ0) is 23.0. The van der Waals surface area contributed by atoms with E-state index in [0.29, 0.717) is 13.1 Å². The van der Waals surface area contributed by atoms with Gasteiger partial charge in [0.1, 0.15) is 11.2 Å². The first-order chi connectivity index (χ1) is 16.0. The number of carbonyl (C=O) groups excluding carboxylic acids is 2. The van der Waals surface area contributed by atoms with E-state index in [1.54, 1.807) is 11.3 Å². The van der Waals surface area contributed by atoms with Gasteiger partial charge >= 0.3 is 0 Å². The predicted octanol–water partition coefficient (Wildman–Crippen LogP) is 4.41. The third kappa shape index (κ3) is 4.34. The van der Waals surface area contributed by atoms with E-state index in [2.05, 4.69) is 27.8 Å². The third-order valence-electron chi connectivity index (χ3n) is 8.03. The van der Waals surface area contributed by atoms with Crippen LogP contribution in [-0.4, -0.2) is 63.9 Å². The molecule has 0 radical (unpaired) electrons. The Kier molecular flexibility index (Phi) is 6.54. The zero-order valence-electron chi connectivity index (χ0n) is 20.2. The number of aryl methyl sites for hydroxylation is 1. The van der Waals surface area contributed by atoms with Crippen LogP contribution >= 0.6 is 11.3 Å². The van der Waals surface area contributed by atoms with E-state index in [1.807, 2.05) is 17.9 Å². The Hall–Kier alpha value is -1.86. The van der Waals surface area contributed by atoms with Crippen LogP contribution in [0.4, 0.5) is 0 Å². The van der Waals surface area contributed by atoms with Crippen LogP contribution in [0.1, 0.15) is 80.6 Å². The Morgan fingerprint density at radius 3 is 2.52 bits per heavy atom. The van der Waals surface area contributed by atoms with E-state index in [-0.39, 0.29) is 17.9 Å². The summed E-state index contributed by atoms with van der Waals surface area (Å²) in [5, 5.41) is 3.38. The largest absolute Gasteiger partial charge is 0.351 e. The number of rotatable bonds is 6. The van der Waals surface area contributed by atoms with Crippen molar-refractivity contribution in [2.24, 2.45) is 0 Å². The van der Waals surface area contributed by atoms with E-state index in [0.717, 1.165) is 54.8 Å². The lowest BCUT2D eigenvalue weighted by molar-refractivity contribution is -0.133. The van der Waals surface area contributed by atoms with Crippen LogP contribution in [-0.2, 0) is 17.8 Å². The molecule has 2 fully saturated rings. The fraction of sp³-hybridized carbons (Fsp3) is 0.692. The number of carbonyl (C=O) groups is 2. The Balaban J connectivity index is 1.45. The summed E-state index contributed by atoms with van der Waals surface area (Å²) in [5.74, 6) is 0.0167. The minimum Gasteiger partial charge on any atom is -0.351 e. The van der Waals surface area contributed by atoms with Gasteiger partial charge in [-0.1, -0.05) is 32.6 Å². The lowest BCUT2D eigenvalue weighted by Gasteiger charge is -2.45. The second kappa shape index (κ2) is 9.41. The quantitative estimate of drug-likeness (QED) is 0.636. The summed E-state index contributed by atoms with van der Waals surface area (Å²) < 4.78 is 3.27. The van der Waals surface area contributed by atoms with Crippen LogP contribution in [0.15, 0.2) is 12.1 Å². The summed E-state index contributed by atoms with van der Waals surface area (Å²) >= 11 is 1.77. The SMILES string of the molecule is CCc1cc2c(cc3n2C[C@](C)(C(=O)NC2CCCCCC2)N(CCN2CCCC2)C3=O)s1. The maximum atomic E-state index is 13.9. The number of hydrogen-bond donors (Lipinski definition) is 1. The molecule has 2 aliphatic heterocycles. The van der Waals surface area contributed by atoms with E-state index >= 15 is 0 Å². The number of aromatic nitrogens is 1. The van der Waals surface area contributed by atoms with Crippen molar-refractivity contribution in [3.8, 4) is 0 Å². The van der Waals surface area contributed by atoms with Gasteiger partial charge in [0, 0.05) is 24.0 Å². The van der Waals surface area contributed by atoms with E-state index < -0.39 is 5.54 Å². The monoisotopic (exact) mass is 470 g/mol. The predicted molar refractivity (Wildman–Crippen MR) is 134 cm³/mol. The molecule has 1 saturated heterocycles. The first-order valence-corrected chi connectivity index (χ1v) is 13.8.